The van der Waals surface area contributed by atoms with E-state index in [1.807, 2.05) is 10.6 Å². The Kier molecular flexibility index (Phi) is 3.79. The van der Waals surface area contributed by atoms with Crippen LogP contribution in [0.15, 0.2) is 43.0 Å². The largest absolute Gasteiger partial charge is 0.382 e. The van der Waals surface area contributed by atoms with E-state index in [0.29, 0.717) is 17.4 Å². The van der Waals surface area contributed by atoms with E-state index < -0.39 is 0 Å². The molecule has 0 bridgehead atoms. The second-order valence-electron chi connectivity index (χ2n) is 4.96. The summed E-state index contributed by atoms with van der Waals surface area (Å²) in [5.41, 5.74) is 8.49. The maximum atomic E-state index is 5.78. The summed E-state index contributed by atoms with van der Waals surface area (Å²) in [4.78, 5) is 12.4. The SMILES string of the molecule is CC(NCCn1cnc2c(N)ncnc21)c1ccccc1. The number of hydrogen-bond donors (Lipinski definition) is 2. The first-order valence-corrected chi connectivity index (χ1v) is 6.95. The van der Waals surface area contributed by atoms with Gasteiger partial charge in [-0.25, -0.2) is 15.0 Å². The zero-order valence-corrected chi connectivity index (χ0v) is 11.9. The summed E-state index contributed by atoms with van der Waals surface area (Å²) in [6.45, 7) is 3.76. The first-order valence-electron chi connectivity index (χ1n) is 6.95. The Morgan fingerprint density at radius 1 is 1.19 bits per heavy atom. The second-order valence-corrected chi connectivity index (χ2v) is 4.96. The minimum absolute atomic E-state index is 0.306. The summed E-state index contributed by atoms with van der Waals surface area (Å²) in [5, 5.41) is 3.49. The van der Waals surface area contributed by atoms with Gasteiger partial charge in [-0.3, -0.25) is 0 Å². The Balaban J connectivity index is 1.64. The van der Waals surface area contributed by atoms with Crippen LogP contribution in [-0.4, -0.2) is 26.1 Å². The van der Waals surface area contributed by atoms with Gasteiger partial charge >= 0.3 is 0 Å². The molecule has 0 saturated carbocycles. The molecular formula is C15H18N6. The summed E-state index contributed by atoms with van der Waals surface area (Å²) in [7, 11) is 0. The van der Waals surface area contributed by atoms with Crippen molar-refractivity contribution in [3.05, 3.63) is 48.5 Å². The molecule has 21 heavy (non-hydrogen) atoms. The van der Waals surface area contributed by atoms with E-state index in [1.54, 1.807) is 6.33 Å². The Morgan fingerprint density at radius 2 is 2.00 bits per heavy atom. The van der Waals surface area contributed by atoms with Gasteiger partial charge in [0.2, 0.25) is 0 Å². The summed E-state index contributed by atoms with van der Waals surface area (Å²) in [6, 6.07) is 10.7. The monoisotopic (exact) mass is 282 g/mol. The fourth-order valence-corrected chi connectivity index (χ4v) is 2.32. The minimum Gasteiger partial charge on any atom is -0.382 e. The van der Waals surface area contributed by atoms with Gasteiger partial charge in [0.05, 0.1) is 6.33 Å². The second kappa shape index (κ2) is 5.88. The Bertz CT molecular complexity index is 721. The maximum Gasteiger partial charge on any atom is 0.165 e. The molecule has 0 amide bonds. The third kappa shape index (κ3) is 2.85. The van der Waals surface area contributed by atoms with Crippen LogP contribution in [0.25, 0.3) is 11.2 Å². The normalized spacial score (nSPS) is 12.6. The molecule has 0 spiro atoms. The summed E-state index contributed by atoms with van der Waals surface area (Å²) in [5.74, 6) is 0.421. The summed E-state index contributed by atoms with van der Waals surface area (Å²) < 4.78 is 1.98. The highest BCUT2D eigenvalue weighted by atomic mass is 15.1. The van der Waals surface area contributed by atoms with Gasteiger partial charge in [0.25, 0.3) is 0 Å². The van der Waals surface area contributed by atoms with Crippen molar-refractivity contribution in [2.45, 2.75) is 19.5 Å². The van der Waals surface area contributed by atoms with Crippen LogP contribution in [0.1, 0.15) is 18.5 Å². The third-order valence-electron chi connectivity index (χ3n) is 3.53. The molecule has 0 aliphatic rings. The van der Waals surface area contributed by atoms with Crippen LogP contribution < -0.4 is 11.1 Å². The summed E-state index contributed by atoms with van der Waals surface area (Å²) in [6.07, 6.45) is 3.22. The Labute approximate surface area is 123 Å². The van der Waals surface area contributed by atoms with Crippen LogP contribution in [0.4, 0.5) is 5.82 Å². The van der Waals surface area contributed by atoms with E-state index in [-0.39, 0.29) is 0 Å². The topological polar surface area (TPSA) is 81.7 Å². The highest BCUT2D eigenvalue weighted by Gasteiger charge is 2.08. The lowest BCUT2D eigenvalue weighted by Gasteiger charge is -2.14. The van der Waals surface area contributed by atoms with Crippen LogP contribution in [0.3, 0.4) is 0 Å². The van der Waals surface area contributed by atoms with Crippen molar-refractivity contribution in [1.82, 2.24) is 24.8 Å². The molecule has 0 saturated heterocycles. The standard InChI is InChI=1S/C15H18N6/c1-11(12-5-3-2-4-6-12)17-7-8-21-10-20-13-14(16)18-9-19-15(13)21/h2-6,9-11,17H,7-8H2,1H3,(H2,16,18,19). The van der Waals surface area contributed by atoms with Gasteiger partial charge in [0, 0.05) is 19.1 Å². The van der Waals surface area contributed by atoms with E-state index >= 15 is 0 Å². The Hall–Kier alpha value is -2.47. The number of nitrogens with one attached hydrogen (secondary N) is 1. The quantitative estimate of drug-likeness (QED) is 0.745. The number of benzene rings is 1. The van der Waals surface area contributed by atoms with E-state index in [1.165, 1.54) is 11.9 Å². The van der Waals surface area contributed by atoms with Crippen molar-refractivity contribution < 1.29 is 0 Å². The lowest BCUT2D eigenvalue weighted by molar-refractivity contribution is 0.535. The van der Waals surface area contributed by atoms with Crippen LogP contribution >= 0.6 is 0 Å². The molecule has 0 radical (unpaired) electrons. The fourth-order valence-electron chi connectivity index (χ4n) is 2.32. The number of nitrogens with two attached hydrogens (primary N) is 1. The van der Waals surface area contributed by atoms with Gasteiger partial charge in [0.15, 0.2) is 11.5 Å². The van der Waals surface area contributed by atoms with Crippen molar-refractivity contribution in [1.29, 1.82) is 0 Å². The molecular weight excluding hydrogens is 264 g/mol. The number of fused-ring (bicyclic) bond motifs is 1. The molecule has 1 atom stereocenters. The van der Waals surface area contributed by atoms with Crippen molar-refractivity contribution in [2.75, 3.05) is 12.3 Å². The number of hydrogen-bond acceptors (Lipinski definition) is 5. The van der Waals surface area contributed by atoms with E-state index in [2.05, 4.69) is 51.5 Å². The molecule has 3 aromatic rings. The van der Waals surface area contributed by atoms with E-state index in [4.69, 9.17) is 5.73 Å². The third-order valence-corrected chi connectivity index (χ3v) is 3.53. The van der Waals surface area contributed by atoms with Gasteiger partial charge in [-0.15, -0.1) is 0 Å². The minimum atomic E-state index is 0.306. The van der Waals surface area contributed by atoms with Crippen LogP contribution in [0, 0.1) is 0 Å². The predicted octanol–water partition coefficient (Wildman–Crippen LogP) is 1.76. The molecule has 108 valence electrons. The molecule has 1 aromatic carbocycles. The smallest absolute Gasteiger partial charge is 0.165 e. The molecule has 6 nitrogen and oxygen atoms in total. The highest BCUT2D eigenvalue weighted by Crippen LogP contribution is 2.14. The average Bonchev–Trinajstić information content (AvgIpc) is 2.93. The Morgan fingerprint density at radius 3 is 2.81 bits per heavy atom. The number of imidazole rings is 1. The molecule has 0 aliphatic heterocycles. The molecule has 0 fully saturated rings. The molecule has 0 aliphatic carbocycles. The lowest BCUT2D eigenvalue weighted by atomic mass is 10.1. The van der Waals surface area contributed by atoms with Gasteiger partial charge < -0.3 is 15.6 Å². The van der Waals surface area contributed by atoms with Gasteiger partial charge in [-0.1, -0.05) is 30.3 Å². The molecule has 2 aromatic heterocycles. The van der Waals surface area contributed by atoms with Crippen LogP contribution in [0.2, 0.25) is 0 Å². The van der Waals surface area contributed by atoms with Gasteiger partial charge in [0.1, 0.15) is 11.8 Å². The average molecular weight is 282 g/mol. The maximum absolute atomic E-state index is 5.78. The zero-order valence-electron chi connectivity index (χ0n) is 11.9. The molecule has 3 rings (SSSR count). The molecule has 2 heterocycles. The van der Waals surface area contributed by atoms with Crippen molar-refractivity contribution in [2.24, 2.45) is 0 Å². The lowest BCUT2D eigenvalue weighted by Crippen LogP contribution is -2.23. The predicted molar refractivity (Wildman–Crippen MR) is 82.6 cm³/mol. The number of aromatic nitrogens is 4. The van der Waals surface area contributed by atoms with Crippen molar-refractivity contribution in [3.8, 4) is 0 Å². The molecule has 3 N–H and O–H groups in total. The first-order chi connectivity index (χ1) is 10.3. The summed E-state index contributed by atoms with van der Waals surface area (Å²) >= 11 is 0. The fraction of sp³-hybridized carbons (Fsp3) is 0.267. The van der Waals surface area contributed by atoms with Crippen LogP contribution in [0.5, 0.6) is 0 Å². The van der Waals surface area contributed by atoms with E-state index in [0.717, 1.165) is 18.7 Å². The number of nitrogens with zero attached hydrogens (tertiary/aromatic N) is 4. The number of nitrogen functional groups attached to an aromatic ring is 1. The number of anilines is 1. The van der Waals surface area contributed by atoms with E-state index in [9.17, 15) is 0 Å². The molecule has 1 unspecified atom stereocenters. The molecule has 6 heteroatoms. The number of rotatable bonds is 5. The van der Waals surface area contributed by atoms with Gasteiger partial charge in [-0.2, -0.15) is 0 Å². The van der Waals surface area contributed by atoms with Crippen molar-refractivity contribution >= 4 is 17.0 Å². The van der Waals surface area contributed by atoms with Crippen LogP contribution in [-0.2, 0) is 6.54 Å². The van der Waals surface area contributed by atoms with Gasteiger partial charge in [-0.05, 0) is 12.5 Å². The van der Waals surface area contributed by atoms with Crippen molar-refractivity contribution in [3.63, 3.8) is 0 Å². The first kappa shape index (κ1) is 13.5. The zero-order chi connectivity index (χ0) is 14.7. The highest BCUT2D eigenvalue weighted by molar-refractivity contribution is 5.81.